The topological polar surface area (TPSA) is 99.3 Å². The van der Waals surface area contributed by atoms with Crippen LogP contribution in [0.3, 0.4) is 0 Å². The van der Waals surface area contributed by atoms with Crippen molar-refractivity contribution in [3.8, 4) is 0 Å². The average Bonchev–Trinajstić information content (AvgIpc) is 2.22. The SMILES string of the molecule is CCCNC(=O)CN(C)C(=O)CSC(=N)N. The molecular weight excluding hydrogens is 228 g/mol. The Hall–Kier alpha value is -1.24. The summed E-state index contributed by atoms with van der Waals surface area (Å²) in [5.74, 6) is -0.301. The first-order valence-corrected chi connectivity index (χ1v) is 5.93. The molecule has 0 aromatic carbocycles. The van der Waals surface area contributed by atoms with Crippen molar-refractivity contribution in [1.82, 2.24) is 10.2 Å². The van der Waals surface area contributed by atoms with E-state index in [2.05, 4.69) is 5.32 Å². The molecule has 0 unspecified atom stereocenters. The lowest BCUT2D eigenvalue weighted by atomic mass is 10.4. The predicted octanol–water partition coefficient (Wildman–Crippen LogP) is -0.402. The zero-order valence-corrected chi connectivity index (χ0v) is 10.4. The highest BCUT2D eigenvalue weighted by atomic mass is 32.2. The summed E-state index contributed by atoms with van der Waals surface area (Å²) in [5.41, 5.74) is 5.10. The molecule has 0 aromatic heterocycles. The second-order valence-electron chi connectivity index (χ2n) is 3.25. The van der Waals surface area contributed by atoms with Gasteiger partial charge in [0.05, 0.1) is 12.3 Å². The molecule has 0 fully saturated rings. The van der Waals surface area contributed by atoms with Crippen molar-refractivity contribution < 1.29 is 9.59 Å². The van der Waals surface area contributed by atoms with Crippen LogP contribution in [0, 0.1) is 5.41 Å². The largest absolute Gasteiger partial charge is 0.379 e. The van der Waals surface area contributed by atoms with Gasteiger partial charge in [-0.2, -0.15) is 0 Å². The predicted molar refractivity (Wildman–Crippen MR) is 65.3 cm³/mol. The number of nitrogens with zero attached hydrogens (tertiary/aromatic N) is 1. The van der Waals surface area contributed by atoms with Crippen LogP contribution in [-0.4, -0.2) is 47.8 Å². The fourth-order valence-electron chi connectivity index (χ4n) is 0.874. The van der Waals surface area contributed by atoms with Gasteiger partial charge in [0, 0.05) is 13.6 Å². The summed E-state index contributed by atoms with van der Waals surface area (Å²) in [4.78, 5) is 24.0. The molecule has 2 amide bonds. The Balaban J connectivity index is 3.86. The smallest absolute Gasteiger partial charge is 0.239 e. The highest BCUT2D eigenvalue weighted by Gasteiger charge is 2.12. The van der Waals surface area contributed by atoms with Gasteiger partial charge in [0.1, 0.15) is 0 Å². The number of likely N-dealkylation sites (N-methyl/N-ethyl adjacent to an activating group) is 1. The summed E-state index contributed by atoms with van der Waals surface area (Å²) in [6.07, 6.45) is 0.865. The molecule has 0 rings (SSSR count). The van der Waals surface area contributed by atoms with Gasteiger partial charge in [-0.1, -0.05) is 18.7 Å². The van der Waals surface area contributed by atoms with Crippen molar-refractivity contribution in [3.63, 3.8) is 0 Å². The molecule has 0 radical (unpaired) electrons. The lowest BCUT2D eigenvalue weighted by Gasteiger charge is -2.16. The van der Waals surface area contributed by atoms with Gasteiger partial charge in [-0.15, -0.1) is 0 Å². The normalized spacial score (nSPS) is 9.62. The number of hydrogen-bond acceptors (Lipinski definition) is 4. The zero-order valence-electron chi connectivity index (χ0n) is 9.58. The van der Waals surface area contributed by atoms with Crippen molar-refractivity contribution in [3.05, 3.63) is 0 Å². The van der Waals surface area contributed by atoms with Crippen LogP contribution in [0.2, 0.25) is 0 Å². The van der Waals surface area contributed by atoms with E-state index >= 15 is 0 Å². The Morgan fingerprint density at radius 1 is 1.50 bits per heavy atom. The maximum Gasteiger partial charge on any atom is 0.239 e. The quantitative estimate of drug-likeness (QED) is 0.438. The van der Waals surface area contributed by atoms with Gasteiger partial charge in [-0.3, -0.25) is 15.0 Å². The van der Waals surface area contributed by atoms with E-state index in [4.69, 9.17) is 11.1 Å². The van der Waals surface area contributed by atoms with Crippen LogP contribution in [0.1, 0.15) is 13.3 Å². The van der Waals surface area contributed by atoms with Gasteiger partial charge < -0.3 is 16.0 Å². The minimum atomic E-state index is -0.216. The van der Waals surface area contributed by atoms with Crippen molar-refractivity contribution in [2.75, 3.05) is 25.9 Å². The van der Waals surface area contributed by atoms with Crippen LogP contribution in [0.15, 0.2) is 0 Å². The van der Waals surface area contributed by atoms with E-state index in [1.807, 2.05) is 6.92 Å². The molecule has 0 bridgehead atoms. The minimum Gasteiger partial charge on any atom is -0.379 e. The molecule has 0 aromatic rings. The fraction of sp³-hybridized carbons (Fsp3) is 0.667. The van der Waals surface area contributed by atoms with Crippen molar-refractivity contribution in [1.29, 1.82) is 5.41 Å². The van der Waals surface area contributed by atoms with Gasteiger partial charge in [0.2, 0.25) is 11.8 Å². The van der Waals surface area contributed by atoms with Crippen LogP contribution in [0.5, 0.6) is 0 Å². The first kappa shape index (κ1) is 14.8. The van der Waals surface area contributed by atoms with E-state index in [0.717, 1.165) is 18.2 Å². The molecule has 16 heavy (non-hydrogen) atoms. The Morgan fingerprint density at radius 2 is 2.12 bits per heavy atom. The molecule has 92 valence electrons. The molecule has 0 aliphatic carbocycles. The average molecular weight is 246 g/mol. The van der Waals surface area contributed by atoms with Crippen LogP contribution in [-0.2, 0) is 9.59 Å². The molecular formula is C9H18N4O2S. The van der Waals surface area contributed by atoms with E-state index in [1.165, 1.54) is 4.90 Å². The third-order valence-corrected chi connectivity index (χ3v) is 2.43. The molecule has 0 heterocycles. The van der Waals surface area contributed by atoms with Crippen molar-refractivity contribution in [2.24, 2.45) is 5.73 Å². The van der Waals surface area contributed by atoms with E-state index in [0.29, 0.717) is 6.54 Å². The number of amidine groups is 1. The lowest BCUT2D eigenvalue weighted by Crippen LogP contribution is -2.39. The van der Waals surface area contributed by atoms with E-state index in [1.54, 1.807) is 7.05 Å². The number of nitrogens with two attached hydrogens (primary N) is 1. The highest BCUT2D eigenvalue weighted by molar-refractivity contribution is 8.14. The molecule has 4 N–H and O–H groups in total. The number of amides is 2. The van der Waals surface area contributed by atoms with Gasteiger partial charge in [-0.25, -0.2) is 0 Å². The maximum atomic E-state index is 11.4. The molecule has 7 heteroatoms. The summed E-state index contributed by atoms with van der Waals surface area (Å²) < 4.78 is 0. The van der Waals surface area contributed by atoms with E-state index < -0.39 is 0 Å². The third-order valence-electron chi connectivity index (χ3n) is 1.73. The second-order valence-corrected chi connectivity index (χ2v) is 4.27. The van der Waals surface area contributed by atoms with Crippen LogP contribution in [0.4, 0.5) is 0 Å². The molecule has 0 atom stereocenters. The number of carbonyl (C=O) groups is 2. The molecule has 0 saturated heterocycles. The van der Waals surface area contributed by atoms with Gasteiger partial charge in [0.25, 0.3) is 0 Å². The Kier molecular flexibility index (Phi) is 7.36. The number of hydrogen-bond donors (Lipinski definition) is 3. The summed E-state index contributed by atoms with van der Waals surface area (Å²) in [6, 6.07) is 0. The number of nitrogens with one attached hydrogen (secondary N) is 2. The summed E-state index contributed by atoms with van der Waals surface area (Å²) in [7, 11) is 1.55. The molecule has 0 aliphatic heterocycles. The molecule has 6 nitrogen and oxygen atoms in total. The minimum absolute atomic E-state index is 0.0390. The Bertz CT molecular complexity index is 270. The number of thioether (sulfide) groups is 1. The van der Waals surface area contributed by atoms with E-state index in [9.17, 15) is 9.59 Å². The van der Waals surface area contributed by atoms with Crippen LogP contribution in [0.25, 0.3) is 0 Å². The maximum absolute atomic E-state index is 11.4. The fourth-order valence-corrected chi connectivity index (χ4v) is 1.37. The van der Waals surface area contributed by atoms with Gasteiger partial charge in [0.15, 0.2) is 5.17 Å². The second kappa shape index (κ2) is 7.98. The third kappa shape index (κ3) is 7.10. The monoisotopic (exact) mass is 246 g/mol. The number of carbonyl (C=O) groups excluding carboxylic acids is 2. The van der Waals surface area contributed by atoms with Gasteiger partial charge >= 0.3 is 0 Å². The standard InChI is InChI=1S/C9H18N4O2S/c1-3-4-12-7(14)5-13(2)8(15)6-16-9(10)11/h3-6H2,1-2H3,(H3,10,11)(H,12,14). The summed E-state index contributed by atoms with van der Waals surface area (Å²) >= 11 is 0.951. The lowest BCUT2D eigenvalue weighted by molar-refractivity contribution is -0.132. The van der Waals surface area contributed by atoms with Crippen LogP contribution >= 0.6 is 11.8 Å². The van der Waals surface area contributed by atoms with Crippen molar-refractivity contribution in [2.45, 2.75) is 13.3 Å². The first-order valence-electron chi connectivity index (χ1n) is 4.94. The summed E-state index contributed by atoms with van der Waals surface area (Å²) in [5, 5.41) is 9.53. The first-order chi connectivity index (χ1) is 7.47. The molecule has 0 saturated carbocycles. The zero-order chi connectivity index (χ0) is 12.6. The Labute approximate surface area is 99.4 Å². The van der Waals surface area contributed by atoms with Crippen LogP contribution < -0.4 is 11.1 Å². The highest BCUT2D eigenvalue weighted by Crippen LogP contribution is 1.99. The van der Waals surface area contributed by atoms with Crippen molar-refractivity contribution >= 4 is 28.7 Å². The molecule has 0 spiro atoms. The van der Waals surface area contributed by atoms with Gasteiger partial charge in [-0.05, 0) is 6.42 Å². The van der Waals surface area contributed by atoms with E-state index in [-0.39, 0.29) is 29.3 Å². The number of rotatable bonds is 6. The molecule has 0 aliphatic rings. The summed E-state index contributed by atoms with van der Waals surface area (Å²) in [6.45, 7) is 2.61. The Morgan fingerprint density at radius 3 is 2.62 bits per heavy atom.